The third-order valence-corrected chi connectivity index (χ3v) is 4.48. The fraction of sp³-hybridized carbons (Fsp3) is 0.467. The van der Waals surface area contributed by atoms with Crippen LogP contribution in [0.1, 0.15) is 30.1 Å². The van der Waals surface area contributed by atoms with E-state index >= 15 is 0 Å². The van der Waals surface area contributed by atoms with Gasteiger partial charge in [0.05, 0.1) is 5.56 Å². The lowest BCUT2D eigenvalue weighted by Crippen LogP contribution is -2.46. The fourth-order valence-electron chi connectivity index (χ4n) is 2.57. The fourth-order valence-corrected chi connectivity index (χ4v) is 2.92. The first-order chi connectivity index (χ1) is 9.90. The number of carbonyl (C=O) groups is 2. The lowest BCUT2D eigenvalue weighted by molar-refractivity contribution is -0.130. The van der Waals surface area contributed by atoms with Gasteiger partial charge >= 0.3 is 0 Å². The van der Waals surface area contributed by atoms with Crippen molar-refractivity contribution in [1.82, 2.24) is 9.80 Å². The van der Waals surface area contributed by atoms with Crippen LogP contribution in [0.25, 0.3) is 0 Å². The molecule has 21 heavy (non-hydrogen) atoms. The molecule has 6 heteroatoms. The van der Waals surface area contributed by atoms with Gasteiger partial charge < -0.3 is 14.9 Å². The van der Waals surface area contributed by atoms with Gasteiger partial charge in [-0.05, 0) is 31.0 Å². The van der Waals surface area contributed by atoms with Crippen molar-refractivity contribution in [2.75, 3.05) is 20.1 Å². The van der Waals surface area contributed by atoms with E-state index in [4.69, 9.17) is 0 Å². The molecule has 1 aromatic rings. The van der Waals surface area contributed by atoms with Crippen LogP contribution in [0.4, 0.5) is 0 Å². The van der Waals surface area contributed by atoms with E-state index in [2.05, 4.69) is 15.9 Å². The molecule has 1 heterocycles. The van der Waals surface area contributed by atoms with Crippen LogP contribution in [0, 0.1) is 0 Å². The van der Waals surface area contributed by atoms with Gasteiger partial charge in [0.1, 0.15) is 5.75 Å². The van der Waals surface area contributed by atoms with E-state index in [1.807, 2.05) is 0 Å². The molecule has 1 saturated heterocycles. The summed E-state index contributed by atoms with van der Waals surface area (Å²) < 4.78 is 0.735. The molecule has 0 aliphatic carbocycles. The topological polar surface area (TPSA) is 60.9 Å². The average Bonchev–Trinajstić information content (AvgIpc) is 2.46. The zero-order valence-electron chi connectivity index (χ0n) is 12.2. The number of hydrogen-bond acceptors (Lipinski definition) is 3. The number of amides is 2. The quantitative estimate of drug-likeness (QED) is 0.885. The first kappa shape index (κ1) is 15.8. The van der Waals surface area contributed by atoms with Crippen molar-refractivity contribution >= 4 is 27.7 Å². The maximum absolute atomic E-state index is 12.4. The Morgan fingerprint density at radius 2 is 1.95 bits per heavy atom. The monoisotopic (exact) mass is 354 g/mol. The van der Waals surface area contributed by atoms with E-state index in [1.165, 1.54) is 6.07 Å². The van der Waals surface area contributed by atoms with Crippen molar-refractivity contribution in [1.29, 1.82) is 0 Å². The molecule has 1 aliphatic rings. The molecule has 1 aliphatic heterocycles. The summed E-state index contributed by atoms with van der Waals surface area (Å²) >= 11 is 3.26. The third kappa shape index (κ3) is 3.56. The second-order valence-electron chi connectivity index (χ2n) is 5.31. The van der Waals surface area contributed by atoms with E-state index in [0.29, 0.717) is 18.7 Å². The van der Waals surface area contributed by atoms with Gasteiger partial charge in [0.15, 0.2) is 0 Å². The summed E-state index contributed by atoms with van der Waals surface area (Å²) in [6.45, 7) is 2.74. The minimum Gasteiger partial charge on any atom is -0.507 e. The number of aromatic hydroxyl groups is 1. The first-order valence-electron chi connectivity index (χ1n) is 6.91. The van der Waals surface area contributed by atoms with Gasteiger partial charge in [0.25, 0.3) is 5.91 Å². The van der Waals surface area contributed by atoms with Crippen molar-refractivity contribution in [3.05, 3.63) is 28.2 Å². The minimum atomic E-state index is -0.163. The summed E-state index contributed by atoms with van der Waals surface area (Å²) in [6.07, 6.45) is 1.53. The molecule has 1 fully saturated rings. The number of nitrogens with zero attached hydrogens (tertiary/aromatic N) is 2. The largest absolute Gasteiger partial charge is 0.507 e. The number of halogens is 1. The number of likely N-dealkylation sites (tertiary alicyclic amines) is 1. The Hall–Kier alpha value is -1.56. The van der Waals surface area contributed by atoms with Gasteiger partial charge in [-0.2, -0.15) is 0 Å². The highest BCUT2D eigenvalue weighted by Gasteiger charge is 2.27. The maximum Gasteiger partial charge on any atom is 0.257 e. The normalized spacial score (nSPS) is 15.9. The summed E-state index contributed by atoms with van der Waals surface area (Å²) in [5.41, 5.74) is 0.316. The molecule has 0 saturated carbocycles. The Kier molecular flexibility index (Phi) is 4.88. The number of phenols is 1. The highest BCUT2D eigenvalue weighted by Crippen LogP contribution is 2.25. The second-order valence-corrected chi connectivity index (χ2v) is 6.23. The van der Waals surface area contributed by atoms with Crippen LogP contribution >= 0.6 is 15.9 Å². The highest BCUT2D eigenvalue weighted by molar-refractivity contribution is 9.10. The van der Waals surface area contributed by atoms with Crippen LogP contribution in [0.2, 0.25) is 0 Å². The Labute approximate surface area is 132 Å². The van der Waals surface area contributed by atoms with Crippen LogP contribution in [-0.4, -0.2) is 52.9 Å². The molecule has 5 nitrogen and oxygen atoms in total. The van der Waals surface area contributed by atoms with E-state index in [0.717, 1.165) is 17.3 Å². The van der Waals surface area contributed by atoms with Gasteiger partial charge in [-0.3, -0.25) is 9.59 Å². The lowest BCUT2D eigenvalue weighted by atomic mass is 10.0. The molecule has 0 bridgehead atoms. The summed E-state index contributed by atoms with van der Waals surface area (Å²) in [6, 6.07) is 5.06. The Morgan fingerprint density at radius 3 is 2.48 bits per heavy atom. The van der Waals surface area contributed by atoms with Gasteiger partial charge in [0, 0.05) is 37.6 Å². The van der Waals surface area contributed by atoms with E-state index in [9.17, 15) is 14.7 Å². The van der Waals surface area contributed by atoms with Gasteiger partial charge in [-0.1, -0.05) is 15.9 Å². The zero-order valence-corrected chi connectivity index (χ0v) is 13.8. The second kappa shape index (κ2) is 6.47. The summed E-state index contributed by atoms with van der Waals surface area (Å²) in [4.78, 5) is 27.2. The minimum absolute atomic E-state index is 0.0163. The zero-order chi connectivity index (χ0) is 15.6. The van der Waals surface area contributed by atoms with Crippen LogP contribution in [0.15, 0.2) is 22.7 Å². The molecule has 0 atom stereocenters. The molecule has 2 amide bonds. The molecule has 1 aromatic carbocycles. The number of piperidine rings is 1. The third-order valence-electron chi connectivity index (χ3n) is 3.99. The molecule has 0 unspecified atom stereocenters. The van der Waals surface area contributed by atoms with Crippen molar-refractivity contribution in [2.45, 2.75) is 25.8 Å². The van der Waals surface area contributed by atoms with Crippen LogP contribution < -0.4 is 0 Å². The van der Waals surface area contributed by atoms with Crippen molar-refractivity contribution < 1.29 is 14.7 Å². The summed E-state index contributed by atoms with van der Waals surface area (Å²) in [7, 11) is 1.80. The number of rotatable bonds is 2. The van der Waals surface area contributed by atoms with Gasteiger partial charge in [-0.15, -0.1) is 0 Å². The maximum atomic E-state index is 12.4. The molecule has 1 N–H and O–H groups in total. The van der Waals surface area contributed by atoms with Crippen molar-refractivity contribution in [2.24, 2.45) is 0 Å². The summed E-state index contributed by atoms with van der Waals surface area (Å²) in [5, 5.41) is 9.88. The molecular formula is C15H19BrN2O3. The predicted octanol–water partition coefficient (Wildman–Crippen LogP) is 2.24. The Balaban J connectivity index is 2.02. The molecule has 2 rings (SSSR count). The van der Waals surface area contributed by atoms with E-state index in [-0.39, 0.29) is 23.6 Å². The van der Waals surface area contributed by atoms with E-state index < -0.39 is 0 Å². The van der Waals surface area contributed by atoms with Crippen LogP contribution in [0.3, 0.4) is 0 Å². The smallest absolute Gasteiger partial charge is 0.257 e. The van der Waals surface area contributed by atoms with Crippen molar-refractivity contribution in [3.8, 4) is 5.75 Å². The van der Waals surface area contributed by atoms with Gasteiger partial charge in [0.2, 0.25) is 5.91 Å². The molecule has 0 radical (unpaired) electrons. The number of hydrogen-bond donors (Lipinski definition) is 1. The summed E-state index contributed by atoms with van der Waals surface area (Å²) in [5.74, 6) is -0.133. The Bertz CT molecular complexity index is 554. The molecule has 0 spiro atoms. The molecule has 114 valence electrons. The highest BCUT2D eigenvalue weighted by atomic mass is 79.9. The van der Waals surface area contributed by atoms with Crippen molar-refractivity contribution in [3.63, 3.8) is 0 Å². The van der Waals surface area contributed by atoms with Crippen LogP contribution in [-0.2, 0) is 4.79 Å². The molecule has 0 aromatic heterocycles. The SMILES string of the molecule is CC(=O)N(C)C1CCN(C(=O)c2ccc(Br)cc2O)CC1. The number of benzene rings is 1. The lowest BCUT2D eigenvalue weighted by Gasteiger charge is -2.36. The van der Waals surface area contributed by atoms with Crippen LogP contribution in [0.5, 0.6) is 5.75 Å². The average molecular weight is 355 g/mol. The standard InChI is InChI=1S/C15H19BrN2O3/c1-10(19)17(2)12-5-7-18(8-6-12)15(21)13-4-3-11(16)9-14(13)20/h3-4,9,12,20H,5-8H2,1-2H3. The number of phenolic OH excluding ortho intramolecular Hbond substituents is 1. The number of carbonyl (C=O) groups excluding carboxylic acids is 2. The Morgan fingerprint density at radius 1 is 1.33 bits per heavy atom. The molecular weight excluding hydrogens is 336 g/mol. The first-order valence-corrected chi connectivity index (χ1v) is 7.70. The van der Waals surface area contributed by atoms with Gasteiger partial charge in [-0.25, -0.2) is 0 Å². The predicted molar refractivity (Wildman–Crippen MR) is 83.2 cm³/mol. The van der Waals surface area contributed by atoms with E-state index in [1.54, 1.807) is 35.9 Å².